The van der Waals surface area contributed by atoms with Gasteiger partial charge in [-0.1, -0.05) is 18.2 Å². The Morgan fingerprint density at radius 2 is 1.23 bits per heavy atom. The summed E-state index contributed by atoms with van der Waals surface area (Å²) >= 11 is 0. The average molecular weight is 416 g/mol. The topological polar surface area (TPSA) is 85.3 Å². The van der Waals surface area contributed by atoms with Crippen LogP contribution in [0.1, 0.15) is 31.1 Å². The fourth-order valence-corrected chi connectivity index (χ4v) is 2.76. The molecule has 0 unspecified atom stereocenters. The minimum absolute atomic E-state index is 0.290. The second-order valence-corrected chi connectivity index (χ2v) is 6.36. The predicted molar refractivity (Wildman–Crippen MR) is 117 cm³/mol. The molecule has 0 aliphatic carbocycles. The van der Waals surface area contributed by atoms with Crippen LogP contribution in [0.2, 0.25) is 0 Å². The largest absolute Gasteiger partial charge is 0.465 e. The van der Waals surface area contributed by atoms with Crippen LogP contribution in [0.5, 0.6) is 0 Å². The van der Waals surface area contributed by atoms with E-state index in [2.05, 4.69) is 9.73 Å². The summed E-state index contributed by atoms with van der Waals surface area (Å²) in [5, 5.41) is 0. The standard InChI is InChI=1S/C24H20N2O5/c1-30-23(28)18-8-12-20(13-9-18)25-16-26(22(27)17-6-4-3-5-7-17)21-14-10-19(11-15-21)24(29)31-2/h3-16H,1-2H3. The molecule has 0 saturated carbocycles. The molecule has 0 atom stereocenters. The molecule has 7 heteroatoms. The first-order valence-corrected chi connectivity index (χ1v) is 9.33. The van der Waals surface area contributed by atoms with E-state index in [9.17, 15) is 14.4 Å². The van der Waals surface area contributed by atoms with Crippen molar-refractivity contribution in [2.24, 2.45) is 4.99 Å². The van der Waals surface area contributed by atoms with E-state index in [4.69, 9.17) is 4.74 Å². The number of benzene rings is 3. The second kappa shape index (κ2) is 9.98. The van der Waals surface area contributed by atoms with Crippen molar-refractivity contribution in [2.75, 3.05) is 19.1 Å². The van der Waals surface area contributed by atoms with E-state index in [0.29, 0.717) is 28.1 Å². The summed E-state index contributed by atoms with van der Waals surface area (Å²) in [4.78, 5) is 42.1. The van der Waals surface area contributed by atoms with E-state index in [1.165, 1.54) is 25.5 Å². The maximum absolute atomic E-state index is 13.1. The molecule has 0 aliphatic rings. The zero-order valence-electron chi connectivity index (χ0n) is 17.0. The third-order valence-electron chi connectivity index (χ3n) is 4.42. The van der Waals surface area contributed by atoms with Crippen molar-refractivity contribution in [3.05, 3.63) is 95.6 Å². The third kappa shape index (κ3) is 5.22. The molecule has 0 bridgehead atoms. The van der Waals surface area contributed by atoms with E-state index >= 15 is 0 Å². The number of methoxy groups -OCH3 is 2. The fraction of sp³-hybridized carbons (Fsp3) is 0.0833. The van der Waals surface area contributed by atoms with Gasteiger partial charge in [-0.2, -0.15) is 0 Å². The number of nitrogens with zero attached hydrogens (tertiary/aromatic N) is 2. The normalized spacial score (nSPS) is 10.5. The zero-order valence-corrected chi connectivity index (χ0v) is 17.0. The molecule has 1 amide bonds. The number of anilines is 1. The van der Waals surface area contributed by atoms with Crippen LogP contribution in [0.4, 0.5) is 11.4 Å². The quantitative estimate of drug-likeness (QED) is 0.340. The number of carbonyl (C=O) groups is 3. The molecule has 0 saturated heterocycles. The third-order valence-corrected chi connectivity index (χ3v) is 4.42. The SMILES string of the molecule is COC(=O)c1ccc(N=CN(C(=O)c2ccccc2)c2ccc(C(=O)OC)cc2)cc1. The van der Waals surface area contributed by atoms with E-state index in [0.717, 1.165) is 0 Å². The molecular formula is C24H20N2O5. The number of hydrogen-bond donors (Lipinski definition) is 0. The molecule has 0 N–H and O–H groups in total. The minimum atomic E-state index is -0.466. The van der Waals surface area contributed by atoms with Gasteiger partial charge in [0.25, 0.3) is 5.91 Å². The summed E-state index contributed by atoms with van der Waals surface area (Å²) in [6, 6.07) is 21.7. The Balaban J connectivity index is 1.92. The summed E-state index contributed by atoms with van der Waals surface area (Å²) in [7, 11) is 2.62. The Labute approximate surface area is 179 Å². The Kier molecular flexibility index (Phi) is 6.90. The molecule has 0 aliphatic heterocycles. The Morgan fingerprint density at radius 1 is 0.710 bits per heavy atom. The van der Waals surface area contributed by atoms with Crippen LogP contribution >= 0.6 is 0 Å². The predicted octanol–water partition coefficient (Wildman–Crippen LogP) is 4.27. The van der Waals surface area contributed by atoms with Crippen molar-refractivity contribution in [3.63, 3.8) is 0 Å². The van der Waals surface area contributed by atoms with Gasteiger partial charge in [0.15, 0.2) is 0 Å². The number of hydrogen-bond acceptors (Lipinski definition) is 6. The molecule has 0 spiro atoms. The monoisotopic (exact) mass is 416 g/mol. The fourth-order valence-electron chi connectivity index (χ4n) is 2.76. The van der Waals surface area contributed by atoms with Gasteiger partial charge in [0, 0.05) is 5.56 Å². The van der Waals surface area contributed by atoms with Crippen LogP contribution in [0.3, 0.4) is 0 Å². The van der Waals surface area contributed by atoms with Crippen molar-refractivity contribution in [1.29, 1.82) is 0 Å². The first kappa shape index (κ1) is 21.4. The highest BCUT2D eigenvalue weighted by atomic mass is 16.5. The maximum atomic E-state index is 13.1. The van der Waals surface area contributed by atoms with Crippen molar-refractivity contribution in [2.45, 2.75) is 0 Å². The lowest BCUT2D eigenvalue weighted by molar-refractivity contribution is 0.0592. The highest BCUT2D eigenvalue weighted by Gasteiger charge is 2.17. The number of ether oxygens (including phenoxy) is 2. The zero-order chi connectivity index (χ0) is 22.2. The first-order valence-electron chi connectivity index (χ1n) is 9.33. The second-order valence-electron chi connectivity index (χ2n) is 6.36. The molecule has 31 heavy (non-hydrogen) atoms. The lowest BCUT2D eigenvalue weighted by Gasteiger charge is -2.18. The number of amides is 1. The first-order chi connectivity index (χ1) is 15.0. The molecule has 156 valence electrons. The van der Waals surface area contributed by atoms with Gasteiger partial charge in [-0.3, -0.25) is 9.69 Å². The highest BCUT2D eigenvalue weighted by Crippen LogP contribution is 2.19. The van der Waals surface area contributed by atoms with E-state index < -0.39 is 11.9 Å². The van der Waals surface area contributed by atoms with Crippen molar-refractivity contribution < 1.29 is 23.9 Å². The van der Waals surface area contributed by atoms with Gasteiger partial charge in [0.05, 0.1) is 36.7 Å². The van der Waals surface area contributed by atoms with Crippen LogP contribution < -0.4 is 4.90 Å². The number of carbonyl (C=O) groups excluding carboxylic acids is 3. The highest BCUT2D eigenvalue weighted by molar-refractivity contribution is 6.16. The Hall–Kier alpha value is -4.26. The van der Waals surface area contributed by atoms with Gasteiger partial charge in [0.1, 0.15) is 6.34 Å². The molecule has 0 heterocycles. The summed E-state index contributed by atoms with van der Waals surface area (Å²) in [6.45, 7) is 0. The van der Waals surface area contributed by atoms with Gasteiger partial charge < -0.3 is 9.47 Å². The van der Waals surface area contributed by atoms with Crippen LogP contribution in [0, 0.1) is 0 Å². The van der Waals surface area contributed by atoms with E-state index in [1.807, 2.05) is 6.07 Å². The van der Waals surface area contributed by atoms with Gasteiger partial charge in [0.2, 0.25) is 0 Å². The van der Waals surface area contributed by atoms with Gasteiger partial charge in [-0.15, -0.1) is 0 Å². The van der Waals surface area contributed by atoms with Crippen LogP contribution in [0.15, 0.2) is 83.9 Å². The van der Waals surface area contributed by atoms with Gasteiger partial charge in [-0.25, -0.2) is 14.6 Å². The molecule has 0 radical (unpaired) electrons. The number of esters is 2. The van der Waals surface area contributed by atoms with Gasteiger partial charge in [-0.05, 0) is 60.7 Å². The molecule has 0 aromatic heterocycles. The van der Waals surface area contributed by atoms with Crippen molar-refractivity contribution in [3.8, 4) is 0 Å². The molecule has 3 rings (SSSR count). The van der Waals surface area contributed by atoms with Crippen molar-refractivity contribution in [1.82, 2.24) is 0 Å². The molecule has 3 aromatic carbocycles. The summed E-state index contributed by atoms with van der Waals surface area (Å²) < 4.78 is 9.40. The summed E-state index contributed by atoms with van der Waals surface area (Å²) in [6.07, 6.45) is 1.40. The average Bonchev–Trinajstić information content (AvgIpc) is 2.84. The molecular weight excluding hydrogens is 396 g/mol. The van der Waals surface area contributed by atoms with Crippen LogP contribution in [0.25, 0.3) is 0 Å². The van der Waals surface area contributed by atoms with E-state index in [1.54, 1.807) is 72.8 Å². The smallest absolute Gasteiger partial charge is 0.337 e. The van der Waals surface area contributed by atoms with Crippen LogP contribution in [-0.4, -0.2) is 38.4 Å². The summed E-state index contributed by atoms with van der Waals surface area (Å²) in [5.74, 6) is -1.20. The number of aliphatic imine (C=N–C) groups is 1. The van der Waals surface area contributed by atoms with Gasteiger partial charge >= 0.3 is 11.9 Å². The molecule has 0 fully saturated rings. The number of rotatable bonds is 6. The molecule has 7 nitrogen and oxygen atoms in total. The van der Waals surface area contributed by atoms with E-state index in [-0.39, 0.29) is 5.91 Å². The summed E-state index contributed by atoms with van der Waals surface area (Å²) in [5.41, 5.74) is 2.32. The lowest BCUT2D eigenvalue weighted by Crippen LogP contribution is -2.29. The van der Waals surface area contributed by atoms with Crippen molar-refractivity contribution >= 4 is 35.6 Å². The van der Waals surface area contributed by atoms with Crippen LogP contribution in [-0.2, 0) is 9.47 Å². The maximum Gasteiger partial charge on any atom is 0.337 e. The Bertz CT molecular complexity index is 1090. The minimum Gasteiger partial charge on any atom is -0.465 e. The Morgan fingerprint density at radius 3 is 1.74 bits per heavy atom. The lowest BCUT2D eigenvalue weighted by atomic mass is 10.1. The molecule has 3 aromatic rings.